The molecule has 0 aliphatic carbocycles. The van der Waals surface area contributed by atoms with Crippen LogP contribution in [0.1, 0.15) is 26.7 Å². The Balaban J connectivity index is 2.90. The van der Waals surface area contributed by atoms with Crippen molar-refractivity contribution in [3.8, 4) is 0 Å². The highest BCUT2D eigenvalue weighted by atomic mass is 15.0. The van der Waals surface area contributed by atoms with Crippen molar-refractivity contribution in [1.82, 2.24) is 5.32 Å². The summed E-state index contributed by atoms with van der Waals surface area (Å²) < 4.78 is 0. The fourth-order valence-electron chi connectivity index (χ4n) is 1.56. The van der Waals surface area contributed by atoms with E-state index in [0.717, 1.165) is 24.1 Å². The molecule has 0 aromatic rings. The minimum atomic E-state index is 0.229. The van der Waals surface area contributed by atoms with Gasteiger partial charge < -0.3 is 5.32 Å². The van der Waals surface area contributed by atoms with Crippen LogP contribution in [0.2, 0.25) is 0 Å². The van der Waals surface area contributed by atoms with Crippen molar-refractivity contribution in [2.45, 2.75) is 26.7 Å². The SMILES string of the molecule is C=CCCC1=C(C(C)C)NC(=N)C1=N. The van der Waals surface area contributed by atoms with E-state index in [1.807, 2.05) is 6.08 Å². The van der Waals surface area contributed by atoms with Gasteiger partial charge in [0.15, 0.2) is 0 Å². The molecule has 14 heavy (non-hydrogen) atoms. The van der Waals surface area contributed by atoms with E-state index in [9.17, 15) is 0 Å². The van der Waals surface area contributed by atoms with Gasteiger partial charge in [0.05, 0.1) is 0 Å². The molecule has 0 saturated carbocycles. The molecule has 0 aromatic carbocycles. The zero-order chi connectivity index (χ0) is 10.7. The molecule has 0 aromatic heterocycles. The third kappa shape index (κ3) is 1.92. The van der Waals surface area contributed by atoms with Crippen LogP contribution in [-0.2, 0) is 0 Å². The van der Waals surface area contributed by atoms with Gasteiger partial charge in [-0.1, -0.05) is 19.9 Å². The Morgan fingerprint density at radius 1 is 1.43 bits per heavy atom. The number of allylic oxidation sites excluding steroid dienone is 2. The van der Waals surface area contributed by atoms with Crippen LogP contribution in [0.25, 0.3) is 0 Å². The molecule has 3 heteroatoms. The van der Waals surface area contributed by atoms with Crippen molar-refractivity contribution in [2.75, 3.05) is 0 Å². The van der Waals surface area contributed by atoms with Crippen LogP contribution in [0, 0.1) is 16.7 Å². The Kier molecular flexibility index (Phi) is 3.23. The first kappa shape index (κ1) is 10.7. The Labute approximate surface area is 84.9 Å². The lowest BCUT2D eigenvalue weighted by Gasteiger charge is -2.09. The summed E-state index contributed by atoms with van der Waals surface area (Å²) in [6.07, 6.45) is 3.52. The van der Waals surface area contributed by atoms with Crippen LogP contribution in [0.15, 0.2) is 23.9 Å². The average molecular weight is 191 g/mol. The second kappa shape index (κ2) is 4.22. The Morgan fingerprint density at radius 2 is 2.07 bits per heavy atom. The van der Waals surface area contributed by atoms with E-state index in [0.29, 0.717) is 11.6 Å². The minimum Gasteiger partial charge on any atom is -0.342 e. The van der Waals surface area contributed by atoms with Crippen molar-refractivity contribution in [2.24, 2.45) is 5.92 Å². The summed E-state index contributed by atoms with van der Waals surface area (Å²) in [4.78, 5) is 0. The molecule has 0 atom stereocenters. The Bertz CT molecular complexity index is 310. The van der Waals surface area contributed by atoms with Crippen molar-refractivity contribution in [3.05, 3.63) is 23.9 Å². The third-order valence-electron chi connectivity index (χ3n) is 2.31. The predicted molar refractivity (Wildman–Crippen MR) is 59.9 cm³/mol. The predicted octanol–water partition coefficient (Wildman–Crippen LogP) is 2.46. The first-order valence-corrected chi connectivity index (χ1v) is 4.86. The number of nitrogens with one attached hydrogen (secondary N) is 3. The smallest absolute Gasteiger partial charge is 0.148 e. The summed E-state index contributed by atoms with van der Waals surface area (Å²) in [6.45, 7) is 7.81. The number of rotatable bonds is 4. The summed E-state index contributed by atoms with van der Waals surface area (Å²) in [7, 11) is 0. The second-order valence-corrected chi connectivity index (χ2v) is 3.75. The fraction of sp³-hybridized carbons (Fsp3) is 0.455. The van der Waals surface area contributed by atoms with Crippen LogP contribution in [-0.4, -0.2) is 11.5 Å². The lowest BCUT2D eigenvalue weighted by Crippen LogP contribution is -2.21. The van der Waals surface area contributed by atoms with Crippen LogP contribution in [0.5, 0.6) is 0 Å². The molecule has 0 spiro atoms. The van der Waals surface area contributed by atoms with Crippen molar-refractivity contribution in [1.29, 1.82) is 10.8 Å². The van der Waals surface area contributed by atoms with Crippen LogP contribution in [0.3, 0.4) is 0 Å². The van der Waals surface area contributed by atoms with Crippen LogP contribution < -0.4 is 5.32 Å². The molecule has 3 N–H and O–H groups in total. The summed E-state index contributed by atoms with van der Waals surface area (Å²) in [5, 5.41) is 18.2. The molecule has 0 amide bonds. The lowest BCUT2D eigenvalue weighted by molar-refractivity contribution is 0.719. The molecule has 0 unspecified atom stereocenters. The summed E-state index contributed by atoms with van der Waals surface area (Å²) in [5.41, 5.74) is 2.35. The van der Waals surface area contributed by atoms with Crippen LogP contribution in [0.4, 0.5) is 0 Å². The molecule has 1 aliphatic heterocycles. The zero-order valence-corrected chi connectivity index (χ0v) is 8.78. The van der Waals surface area contributed by atoms with Crippen LogP contribution >= 0.6 is 0 Å². The van der Waals surface area contributed by atoms with E-state index in [4.69, 9.17) is 10.8 Å². The van der Waals surface area contributed by atoms with E-state index < -0.39 is 0 Å². The van der Waals surface area contributed by atoms with Gasteiger partial charge in [0.2, 0.25) is 0 Å². The number of amidine groups is 1. The summed E-state index contributed by atoms with van der Waals surface area (Å²) >= 11 is 0. The molecule has 1 aliphatic rings. The molecular formula is C11H17N3. The largest absolute Gasteiger partial charge is 0.342 e. The van der Waals surface area contributed by atoms with Gasteiger partial charge in [0.25, 0.3) is 0 Å². The highest BCUT2D eigenvalue weighted by Crippen LogP contribution is 2.22. The highest BCUT2D eigenvalue weighted by Gasteiger charge is 2.25. The summed E-state index contributed by atoms with van der Waals surface area (Å²) in [6, 6.07) is 0. The van der Waals surface area contributed by atoms with Crippen molar-refractivity contribution < 1.29 is 0 Å². The lowest BCUT2D eigenvalue weighted by atomic mass is 10.00. The molecule has 1 rings (SSSR count). The molecule has 0 radical (unpaired) electrons. The average Bonchev–Trinajstić information content (AvgIpc) is 2.41. The Hall–Kier alpha value is -1.38. The van der Waals surface area contributed by atoms with E-state index in [1.54, 1.807) is 0 Å². The third-order valence-corrected chi connectivity index (χ3v) is 2.31. The van der Waals surface area contributed by atoms with E-state index in [1.165, 1.54) is 0 Å². The van der Waals surface area contributed by atoms with Gasteiger partial charge in [0.1, 0.15) is 11.5 Å². The van der Waals surface area contributed by atoms with Gasteiger partial charge in [-0.2, -0.15) is 0 Å². The minimum absolute atomic E-state index is 0.229. The number of hydrogen-bond acceptors (Lipinski definition) is 2. The molecule has 0 saturated heterocycles. The van der Waals surface area contributed by atoms with Gasteiger partial charge in [-0.3, -0.25) is 10.8 Å². The van der Waals surface area contributed by atoms with E-state index in [-0.39, 0.29) is 5.84 Å². The maximum Gasteiger partial charge on any atom is 0.148 e. The molecule has 76 valence electrons. The molecule has 3 nitrogen and oxygen atoms in total. The van der Waals surface area contributed by atoms with Crippen molar-refractivity contribution >= 4 is 11.5 Å². The quantitative estimate of drug-likeness (QED) is 0.587. The molecule has 0 bridgehead atoms. The second-order valence-electron chi connectivity index (χ2n) is 3.75. The van der Waals surface area contributed by atoms with Gasteiger partial charge in [-0.05, 0) is 18.8 Å². The van der Waals surface area contributed by atoms with E-state index in [2.05, 4.69) is 25.7 Å². The first-order chi connectivity index (χ1) is 6.57. The maximum atomic E-state index is 7.73. The van der Waals surface area contributed by atoms with E-state index >= 15 is 0 Å². The Morgan fingerprint density at radius 3 is 2.57 bits per heavy atom. The maximum absolute atomic E-state index is 7.73. The standard InChI is InChI=1S/C11H17N3/c1-4-5-6-8-9(12)11(13)14-10(8)7(2)3/h4,7H,1,5-6H2,2-3H3,(H3,12,13,14). The number of hydrogen-bond donors (Lipinski definition) is 3. The van der Waals surface area contributed by atoms with Crippen molar-refractivity contribution in [3.63, 3.8) is 0 Å². The molecule has 0 fully saturated rings. The topological polar surface area (TPSA) is 59.7 Å². The van der Waals surface area contributed by atoms with Gasteiger partial charge in [-0.25, -0.2) is 0 Å². The van der Waals surface area contributed by atoms with Gasteiger partial charge in [0, 0.05) is 11.3 Å². The molecule has 1 heterocycles. The first-order valence-electron chi connectivity index (χ1n) is 4.86. The van der Waals surface area contributed by atoms with Gasteiger partial charge in [-0.15, -0.1) is 6.58 Å². The highest BCUT2D eigenvalue weighted by molar-refractivity contribution is 6.47. The zero-order valence-electron chi connectivity index (χ0n) is 8.78. The fourth-order valence-corrected chi connectivity index (χ4v) is 1.56. The monoisotopic (exact) mass is 191 g/mol. The summed E-state index contributed by atoms with van der Waals surface area (Å²) in [5.74, 6) is 0.575. The molecular weight excluding hydrogens is 174 g/mol. The van der Waals surface area contributed by atoms with Gasteiger partial charge >= 0.3 is 0 Å². The normalized spacial score (nSPS) is 16.5.